The van der Waals surface area contributed by atoms with Gasteiger partial charge in [0, 0.05) is 26.2 Å². The van der Waals surface area contributed by atoms with Crippen molar-refractivity contribution in [2.24, 2.45) is 0 Å². The minimum atomic E-state index is 0. The van der Waals surface area contributed by atoms with Gasteiger partial charge in [0.05, 0.1) is 0 Å². The van der Waals surface area contributed by atoms with Crippen molar-refractivity contribution < 1.29 is 0 Å². The zero-order valence-corrected chi connectivity index (χ0v) is 11.1. The van der Waals surface area contributed by atoms with Gasteiger partial charge < -0.3 is 10.2 Å². The van der Waals surface area contributed by atoms with Gasteiger partial charge >= 0.3 is 0 Å². The summed E-state index contributed by atoms with van der Waals surface area (Å²) in [7, 11) is 0. The third kappa shape index (κ3) is 6.40. The molecule has 1 aliphatic heterocycles. The maximum Gasteiger partial charge on any atom is 0.0107 e. The lowest BCUT2D eigenvalue weighted by atomic mass is 10.3. The van der Waals surface area contributed by atoms with Crippen molar-refractivity contribution >= 4 is 34.0 Å². The third-order valence-electron chi connectivity index (χ3n) is 2.04. The smallest absolute Gasteiger partial charge is 0.0107 e. The molecule has 1 heterocycles. The topological polar surface area (TPSA) is 15.3 Å². The van der Waals surface area contributed by atoms with E-state index in [-0.39, 0.29) is 34.0 Å². The molecule has 0 unspecified atom stereocenters. The fourth-order valence-electron chi connectivity index (χ4n) is 1.32. The van der Waals surface area contributed by atoms with Crippen LogP contribution in [0.15, 0.2) is 0 Å². The normalized spacial score (nSPS) is 17.8. The molecule has 2 nitrogen and oxygen atoms in total. The maximum atomic E-state index is 3.35. The van der Waals surface area contributed by atoms with E-state index in [2.05, 4.69) is 17.1 Å². The molecule has 0 amide bonds. The monoisotopic (exact) mass is 302 g/mol. The largest absolute Gasteiger partial charge is 0.314 e. The number of halogens is 2. The first-order valence-electron chi connectivity index (χ1n) is 4.36. The van der Waals surface area contributed by atoms with E-state index in [0.717, 1.165) is 0 Å². The van der Waals surface area contributed by atoms with Gasteiger partial charge in [0.1, 0.15) is 0 Å². The maximum absolute atomic E-state index is 3.35. The molecular weight excluding hydrogens is 284 g/mol. The van der Waals surface area contributed by atoms with Crippen LogP contribution < -0.4 is 5.32 Å². The minimum Gasteiger partial charge on any atom is -0.314 e. The van der Waals surface area contributed by atoms with E-state index < -0.39 is 0 Å². The van der Waals surface area contributed by atoms with Gasteiger partial charge in [0.15, 0.2) is 0 Å². The molecule has 0 aliphatic carbocycles. The predicted octanol–water partition coefficient (Wildman–Crippen LogP) is 1.85. The molecule has 0 aromatic rings. The summed E-state index contributed by atoms with van der Waals surface area (Å²) < 4.78 is 0. The van der Waals surface area contributed by atoms with Gasteiger partial charge in [-0.15, -0.1) is 34.0 Å². The quantitative estimate of drug-likeness (QED) is 0.856. The molecular formula is C8H20Br2N2. The van der Waals surface area contributed by atoms with E-state index in [4.69, 9.17) is 0 Å². The predicted molar refractivity (Wildman–Crippen MR) is 64.9 cm³/mol. The van der Waals surface area contributed by atoms with Crippen LogP contribution in [0.1, 0.15) is 19.8 Å². The Labute approximate surface area is 96.6 Å². The number of rotatable bonds is 3. The molecule has 1 saturated heterocycles. The van der Waals surface area contributed by atoms with Crippen molar-refractivity contribution in [1.82, 2.24) is 10.2 Å². The molecule has 0 aromatic carbocycles. The minimum absolute atomic E-state index is 0. The van der Waals surface area contributed by atoms with Gasteiger partial charge in [-0.2, -0.15) is 0 Å². The van der Waals surface area contributed by atoms with Crippen LogP contribution in [0.25, 0.3) is 0 Å². The first-order valence-corrected chi connectivity index (χ1v) is 4.36. The van der Waals surface area contributed by atoms with Crippen LogP contribution in [0.2, 0.25) is 0 Å². The van der Waals surface area contributed by atoms with E-state index in [9.17, 15) is 0 Å². The van der Waals surface area contributed by atoms with Gasteiger partial charge in [0.25, 0.3) is 0 Å². The Morgan fingerprint density at radius 3 is 2.25 bits per heavy atom. The molecule has 0 atom stereocenters. The molecule has 1 rings (SSSR count). The summed E-state index contributed by atoms with van der Waals surface area (Å²) in [5.74, 6) is 0. The summed E-state index contributed by atoms with van der Waals surface area (Å²) >= 11 is 0. The van der Waals surface area contributed by atoms with Gasteiger partial charge in [0.2, 0.25) is 0 Å². The number of hydrogen-bond acceptors (Lipinski definition) is 2. The number of hydrogen-bond donors (Lipinski definition) is 1. The third-order valence-corrected chi connectivity index (χ3v) is 2.04. The summed E-state index contributed by atoms with van der Waals surface area (Å²) in [4.78, 5) is 2.54. The lowest BCUT2D eigenvalue weighted by Crippen LogP contribution is -2.43. The molecule has 1 aliphatic rings. The summed E-state index contributed by atoms with van der Waals surface area (Å²) in [6.07, 6.45) is 2.68. The first kappa shape index (κ1) is 15.4. The van der Waals surface area contributed by atoms with E-state index in [1.54, 1.807) is 0 Å². The van der Waals surface area contributed by atoms with Crippen molar-refractivity contribution in [3.8, 4) is 0 Å². The number of nitrogens with one attached hydrogen (secondary N) is 1. The molecule has 12 heavy (non-hydrogen) atoms. The van der Waals surface area contributed by atoms with Crippen molar-refractivity contribution in [2.45, 2.75) is 19.8 Å². The molecule has 1 N–H and O–H groups in total. The van der Waals surface area contributed by atoms with Crippen molar-refractivity contribution in [1.29, 1.82) is 0 Å². The van der Waals surface area contributed by atoms with E-state index in [1.807, 2.05) is 0 Å². The second kappa shape index (κ2) is 9.96. The Kier molecular flexibility index (Phi) is 12.8. The average molecular weight is 304 g/mol. The first-order chi connectivity index (χ1) is 4.93. The lowest BCUT2D eigenvalue weighted by molar-refractivity contribution is 0.238. The van der Waals surface area contributed by atoms with Crippen LogP contribution in [-0.4, -0.2) is 37.6 Å². The highest BCUT2D eigenvalue weighted by Crippen LogP contribution is 1.95. The standard InChI is InChI=1S/C8H18N2.2BrH/c1-2-3-6-10-7-4-9-5-8-10;;/h9H,2-8H2,1H3;2*1H. The Bertz CT molecular complexity index is 85.1. The van der Waals surface area contributed by atoms with Crippen LogP contribution in [0.5, 0.6) is 0 Å². The van der Waals surface area contributed by atoms with Crippen LogP contribution in [0, 0.1) is 0 Å². The van der Waals surface area contributed by atoms with Gasteiger partial charge in [-0.1, -0.05) is 13.3 Å². The van der Waals surface area contributed by atoms with Crippen LogP contribution in [-0.2, 0) is 0 Å². The van der Waals surface area contributed by atoms with Crippen LogP contribution >= 0.6 is 34.0 Å². The van der Waals surface area contributed by atoms with Crippen molar-refractivity contribution in [3.63, 3.8) is 0 Å². The number of piperazine rings is 1. The summed E-state index contributed by atoms with van der Waals surface area (Å²) in [6.45, 7) is 8.42. The second-order valence-electron chi connectivity index (χ2n) is 2.95. The molecule has 4 heteroatoms. The molecule has 0 spiro atoms. The second-order valence-corrected chi connectivity index (χ2v) is 2.95. The average Bonchev–Trinajstić information content (AvgIpc) is 2.03. The SMILES string of the molecule is Br.Br.CCCCN1CCNCC1. The number of nitrogens with zero attached hydrogens (tertiary/aromatic N) is 1. The van der Waals surface area contributed by atoms with Crippen LogP contribution in [0.3, 0.4) is 0 Å². The van der Waals surface area contributed by atoms with Crippen LogP contribution in [0.4, 0.5) is 0 Å². The number of unbranched alkanes of at least 4 members (excludes halogenated alkanes) is 1. The fraction of sp³-hybridized carbons (Fsp3) is 1.00. The summed E-state index contributed by atoms with van der Waals surface area (Å²) in [5.41, 5.74) is 0. The van der Waals surface area contributed by atoms with Gasteiger partial charge in [-0.3, -0.25) is 0 Å². The Balaban J connectivity index is 0. The highest BCUT2D eigenvalue weighted by atomic mass is 79.9. The highest BCUT2D eigenvalue weighted by molar-refractivity contribution is 8.93. The van der Waals surface area contributed by atoms with Gasteiger partial charge in [-0.25, -0.2) is 0 Å². The molecule has 0 radical (unpaired) electrons. The lowest BCUT2D eigenvalue weighted by Gasteiger charge is -2.26. The van der Waals surface area contributed by atoms with Crippen molar-refractivity contribution in [2.75, 3.05) is 32.7 Å². The summed E-state index contributed by atoms with van der Waals surface area (Å²) in [6, 6.07) is 0. The Morgan fingerprint density at radius 1 is 1.17 bits per heavy atom. The molecule has 1 fully saturated rings. The summed E-state index contributed by atoms with van der Waals surface area (Å²) in [5, 5.41) is 3.35. The molecule has 76 valence electrons. The fourth-order valence-corrected chi connectivity index (χ4v) is 1.32. The molecule has 0 bridgehead atoms. The molecule has 0 saturated carbocycles. The molecule has 0 aromatic heterocycles. The van der Waals surface area contributed by atoms with E-state index >= 15 is 0 Å². The zero-order valence-electron chi connectivity index (χ0n) is 7.71. The Morgan fingerprint density at radius 2 is 1.75 bits per heavy atom. The van der Waals surface area contributed by atoms with Gasteiger partial charge in [-0.05, 0) is 13.0 Å². The highest BCUT2D eigenvalue weighted by Gasteiger charge is 2.06. The zero-order chi connectivity index (χ0) is 7.23. The van der Waals surface area contributed by atoms with E-state index in [0.29, 0.717) is 0 Å². The van der Waals surface area contributed by atoms with Crippen molar-refractivity contribution in [3.05, 3.63) is 0 Å². The Hall–Kier alpha value is 0.880. The van der Waals surface area contributed by atoms with E-state index in [1.165, 1.54) is 45.6 Å².